The minimum atomic E-state index is -1.39. The molecule has 1 rings (SSSR count). The van der Waals surface area contributed by atoms with E-state index in [0.717, 1.165) is 12.8 Å². The van der Waals surface area contributed by atoms with Gasteiger partial charge in [-0.05, 0) is 12.8 Å². The lowest BCUT2D eigenvalue weighted by molar-refractivity contribution is 0.289. The van der Waals surface area contributed by atoms with Crippen molar-refractivity contribution in [2.45, 2.75) is 25.9 Å². The number of benzene rings is 1. The van der Waals surface area contributed by atoms with Crippen molar-refractivity contribution >= 4 is 13.3 Å². The van der Waals surface area contributed by atoms with E-state index in [1.807, 2.05) is 0 Å². The van der Waals surface area contributed by atoms with Gasteiger partial charge in [-0.25, -0.2) is 0 Å². The van der Waals surface area contributed by atoms with E-state index < -0.39 is 8.07 Å². The smallest absolute Gasteiger partial charge is 0.103 e. The third-order valence-electron chi connectivity index (χ3n) is 2.58. The van der Waals surface area contributed by atoms with Crippen LogP contribution in [0, 0.1) is 0 Å². The summed E-state index contributed by atoms with van der Waals surface area (Å²) in [5.74, 6) is 0. The Morgan fingerprint density at radius 1 is 1.20 bits per heavy atom. The topological polar surface area (TPSA) is 20.2 Å². The minimum Gasteiger partial charge on any atom is -0.396 e. The van der Waals surface area contributed by atoms with Gasteiger partial charge in [0.1, 0.15) is 8.07 Å². The Morgan fingerprint density at radius 2 is 1.87 bits per heavy atom. The first-order chi connectivity index (χ1) is 7.17. The average Bonchev–Trinajstić information content (AvgIpc) is 2.26. The highest BCUT2D eigenvalue weighted by Gasteiger charge is 2.18. The van der Waals surface area contributed by atoms with E-state index in [4.69, 9.17) is 5.11 Å². The number of aliphatic hydroxyl groups excluding tert-OH is 1. The molecule has 1 aromatic rings. The summed E-state index contributed by atoms with van der Waals surface area (Å²) in [4.78, 5) is 0. The molecule has 0 amide bonds. The van der Waals surface area contributed by atoms with E-state index in [0.29, 0.717) is 0 Å². The van der Waals surface area contributed by atoms with Crippen LogP contribution in [0.4, 0.5) is 0 Å². The van der Waals surface area contributed by atoms with Crippen molar-refractivity contribution in [3.63, 3.8) is 0 Å². The highest BCUT2D eigenvalue weighted by Crippen LogP contribution is 2.06. The molecule has 0 fully saturated rings. The number of aliphatic hydroxyl groups is 1. The molecule has 0 heterocycles. The molecule has 0 aliphatic heterocycles. The zero-order valence-electron chi connectivity index (χ0n) is 9.61. The van der Waals surface area contributed by atoms with Gasteiger partial charge in [0.25, 0.3) is 0 Å². The Hall–Kier alpha value is -0.863. The van der Waals surface area contributed by atoms with Gasteiger partial charge in [-0.15, -0.1) is 0 Å². The molecule has 0 saturated heterocycles. The average molecular weight is 220 g/mol. The summed E-state index contributed by atoms with van der Waals surface area (Å²) in [6, 6.07) is 10.7. The highest BCUT2D eigenvalue weighted by molar-refractivity contribution is 6.93. The van der Waals surface area contributed by atoms with Crippen molar-refractivity contribution in [2.24, 2.45) is 0 Å². The molecule has 1 nitrogen and oxygen atoms in total. The lowest BCUT2D eigenvalue weighted by Gasteiger charge is -2.18. The summed E-state index contributed by atoms with van der Waals surface area (Å²) >= 11 is 0. The van der Waals surface area contributed by atoms with Crippen molar-refractivity contribution < 1.29 is 5.11 Å². The Morgan fingerprint density at radius 3 is 2.47 bits per heavy atom. The molecule has 0 aromatic heterocycles. The fourth-order valence-corrected chi connectivity index (χ4v) is 3.55. The highest BCUT2D eigenvalue weighted by atomic mass is 28.3. The van der Waals surface area contributed by atoms with Gasteiger partial charge in [-0.1, -0.05) is 60.4 Å². The van der Waals surface area contributed by atoms with Gasteiger partial charge in [-0.2, -0.15) is 0 Å². The molecule has 0 atom stereocenters. The maximum absolute atomic E-state index is 8.69. The molecular formula is C13H20OSi. The second kappa shape index (κ2) is 5.88. The molecule has 2 heteroatoms. The van der Waals surface area contributed by atoms with Crippen molar-refractivity contribution in [2.75, 3.05) is 6.61 Å². The first kappa shape index (κ1) is 12.2. The van der Waals surface area contributed by atoms with Crippen LogP contribution in [0.15, 0.2) is 42.1 Å². The first-order valence-corrected chi connectivity index (χ1v) is 8.58. The van der Waals surface area contributed by atoms with E-state index in [9.17, 15) is 0 Å². The van der Waals surface area contributed by atoms with Gasteiger partial charge in [0, 0.05) is 6.61 Å². The molecule has 0 bridgehead atoms. The monoisotopic (exact) mass is 220 g/mol. The number of rotatable bonds is 5. The molecule has 0 unspecified atom stereocenters. The first-order valence-electron chi connectivity index (χ1n) is 5.51. The largest absolute Gasteiger partial charge is 0.396 e. The standard InChI is InChI=1S/C13H20OSi/c1-15(2,12-8-4-7-11-14)13-9-5-3-6-10-13/h3,5-6,8-10,12,14H,4,7,11H2,1-2H3/b12-8-. The predicted molar refractivity (Wildman–Crippen MR) is 69.0 cm³/mol. The zero-order valence-corrected chi connectivity index (χ0v) is 10.6. The molecule has 82 valence electrons. The van der Waals surface area contributed by atoms with Crippen LogP contribution in [-0.2, 0) is 0 Å². The van der Waals surface area contributed by atoms with Gasteiger partial charge in [0.05, 0.1) is 0 Å². The Labute approximate surface area is 93.5 Å². The number of hydrogen-bond acceptors (Lipinski definition) is 1. The van der Waals surface area contributed by atoms with Crippen molar-refractivity contribution in [1.29, 1.82) is 0 Å². The lowest BCUT2D eigenvalue weighted by atomic mass is 10.3. The molecule has 1 aromatic carbocycles. The molecule has 15 heavy (non-hydrogen) atoms. The molecule has 1 N–H and O–H groups in total. The summed E-state index contributed by atoms with van der Waals surface area (Å²) in [5.41, 5.74) is 2.36. The second-order valence-electron chi connectivity index (χ2n) is 4.36. The maximum Gasteiger partial charge on any atom is 0.103 e. The number of unbranched alkanes of at least 4 members (excludes halogenated alkanes) is 1. The van der Waals surface area contributed by atoms with Crippen molar-refractivity contribution in [1.82, 2.24) is 0 Å². The summed E-state index contributed by atoms with van der Waals surface area (Å²) in [5, 5.41) is 10.2. The Balaban J connectivity index is 2.63. The molecule has 0 saturated carbocycles. The molecular weight excluding hydrogens is 200 g/mol. The molecule has 0 spiro atoms. The Bertz CT molecular complexity index is 304. The number of hydrogen-bond donors (Lipinski definition) is 1. The summed E-state index contributed by atoms with van der Waals surface area (Å²) < 4.78 is 0. The van der Waals surface area contributed by atoms with E-state index in [2.05, 4.69) is 55.2 Å². The van der Waals surface area contributed by atoms with Crippen LogP contribution in [0.3, 0.4) is 0 Å². The van der Waals surface area contributed by atoms with E-state index in [1.54, 1.807) is 0 Å². The van der Waals surface area contributed by atoms with Crippen LogP contribution < -0.4 is 5.19 Å². The normalized spacial score (nSPS) is 12.2. The fraction of sp³-hybridized carbons (Fsp3) is 0.385. The molecule has 0 radical (unpaired) electrons. The van der Waals surface area contributed by atoms with Crippen LogP contribution in [-0.4, -0.2) is 19.8 Å². The number of allylic oxidation sites excluding steroid dienone is 1. The fourth-order valence-electron chi connectivity index (χ4n) is 1.55. The van der Waals surface area contributed by atoms with E-state index in [-0.39, 0.29) is 6.61 Å². The third-order valence-corrected chi connectivity index (χ3v) is 5.47. The molecule has 0 aliphatic rings. The summed E-state index contributed by atoms with van der Waals surface area (Å²) in [6.45, 7) is 4.98. The van der Waals surface area contributed by atoms with Crippen LogP contribution in [0.5, 0.6) is 0 Å². The predicted octanol–water partition coefficient (Wildman–Crippen LogP) is 2.47. The van der Waals surface area contributed by atoms with Crippen LogP contribution in [0.1, 0.15) is 12.8 Å². The summed E-state index contributed by atoms with van der Waals surface area (Å²) in [7, 11) is -1.39. The van der Waals surface area contributed by atoms with Crippen LogP contribution in [0.25, 0.3) is 0 Å². The Kier molecular flexibility index (Phi) is 4.79. The lowest BCUT2D eigenvalue weighted by Crippen LogP contribution is -2.39. The molecule has 0 aliphatic carbocycles. The quantitative estimate of drug-likeness (QED) is 0.597. The van der Waals surface area contributed by atoms with Gasteiger partial charge in [0.15, 0.2) is 0 Å². The van der Waals surface area contributed by atoms with Crippen LogP contribution in [0.2, 0.25) is 13.1 Å². The van der Waals surface area contributed by atoms with Gasteiger partial charge < -0.3 is 5.11 Å². The van der Waals surface area contributed by atoms with Gasteiger partial charge in [-0.3, -0.25) is 0 Å². The second-order valence-corrected chi connectivity index (χ2v) is 8.71. The maximum atomic E-state index is 8.69. The minimum absolute atomic E-state index is 0.289. The third kappa shape index (κ3) is 4.02. The van der Waals surface area contributed by atoms with Gasteiger partial charge in [0.2, 0.25) is 0 Å². The van der Waals surface area contributed by atoms with E-state index in [1.165, 1.54) is 5.19 Å². The van der Waals surface area contributed by atoms with Crippen LogP contribution >= 0.6 is 0 Å². The SMILES string of the molecule is C[Si](C)(/C=C\CCCO)c1ccccc1. The van der Waals surface area contributed by atoms with Gasteiger partial charge >= 0.3 is 0 Å². The van der Waals surface area contributed by atoms with Crippen molar-refractivity contribution in [3.05, 3.63) is 42.1 Å². The summed E-state index contributed by atoms with van der Waals surface area (Å²) in [6.07, 6.45) is 4.07. The van der Waals surface area contributed by atoms with Crippen molar-refractivity contribution in [3.8, 4) is 0 Å². The van der Waals surface area contributed by atoms with E-state index >= 15 is 0 Å². The zero-order chi connectivity index (χ0) is 11.1.